The van der Waals surface area contributed by atoms with Crippen molar-refractivity contribution < 1.29 is 14.4 Å². The number of fused-ring (bicyclic) bond motifs is 1. The van der Waals surface area contributed by atoms with Gasteiger partial charge in [0, 0.05) is 18.0 Å². The molecule has 6 nitrogen and oxygen atoms in total. The fraction of sp³-hybridized carbons (Fsp3) is 0.130. The van der Waals surface area contributed by atoms with E-state index in [-0.39, 0.29) is 30.3 Å². The molecule has 0 bridgehead atoms. The summed E-state index contributed by atoms with van der Waals surface area (Å²) in [5, 5.41) is 2.94. The SMILES string of the molecule is CC(NC(=O)c1cccc(CN2C(=O)c3ccccc3C2=O)c1)c1cccnc1. The number of rotatable bonds is 5. The number of benzene rings is 2. The monoisotopic (exact) mass is 385 g/mol. The van der Waals surface area contributed by atoms with Crippen LogP contribution in [0.15, 0.2) is 73.1 Å². The first-order valence-electron chi connectivity index (χ1n) is 9.29. The van der Waals surface area contributed by atoms with Crippen LogP contribution in [-0.4, -0.2) is 27.6 Å². The van der Waals surface area contributed by atoms with Crippen molar-refractivity contribution in [3.63, 3.8) is 0 Å². The number of nitrogens with one attached hydrogen (secondary N) is 1. The summed E-state index contributed by atoms with van der Waals surface area (Å²) in [6.45, 7) is 2.00. The largest absolute Gasteiger partial charge is 0.345 e. The molecule has 0 saturated heterocycles. The molecule has 3 aromatic rings. The van der Waals surface area contributed by atoms with E-state index in [0.717, 1.165) is 5.56 Å². The van der Waals surface area contributed by atoms with Gasteiger partial charge in [-0.1, -0.05) is 30.3 Å². The first kappa shape index (κ1) is 18.6. The molecule has 1 aliphatic heterocycles. The highest BCUT2D eigenvalue weighted by Crippen LogP contribution is 2.24. The third-order valence-corrected chi connectivity index (χ3v) is 4.94. The van der Waals surface area contributed by atoms with Crippen LogP contribution in [-0.2, 0) is 6.54 Å². The summed E-state index contributed by atoms with van der Waals surface area (Å²) in [5.74, 6) is -0.859. The molecule has 6 heteroatoms. The molecular weight excluding hydrogens is 366 g/mol. The van der Waals surface area contributed by atoms with Crippen molar-refractivity contribution in [2.24, 2.45) is 0 Å². The Balaban J connectivity index is 1.49. The molecule has 0 saturated carbocycles. The van der Waals surface area contributed by atoms with Gasteiger partial charge in [0.15, 0.2) is 0 Å². The van der Waals surface area contributed by atoms with Gasteiger partial charge in [-0.15, -0.1) is 0 Å². The minimum Gasteiger partial charge on any atom is -0.345 e. The average Bonchev–Trinajstić information content (AvgIpc) is 2.99. The summed E-state index contributed by atoms with van der Waals surface area (Å²) in [6, 6.07) is 17.3. The molecule has 29 heavy (non-hydrogen) atoms. The normalized spacial score (nSPS) is 13.9. The van der Waals surface area contributed by atoms with Gasteiger partial charge < -0.3 is 5.32 Å². The van der Waals surface area contributed by atoms with Crippen LogP contribution in [0.5, 0.6) is 0 Å². The number of nitrogens with zero attached hydrogens (tertiary/aromatic N) is 2. The number of carbonyl (C=O) groups is 3. The van der Waals surface area contributed by atoms with Crippen molar-refractivity contribution in [3.05, 3.63) is 101 Å². The topological polar surface area (TPSA) is 79.4 Å². The van der Waals surface area contributed by atoms with Crippen LogP contribution >= 0.6 is 0 Å². The molecule has 3 amide bonds. The van der Waals surface area contributed by atoms with Crippen molar-refractivity contribution in [2.45, 2.75) is 19.5 Å². The van der Waals surface area contributed by atoms with E-state index in [2.05, 4.69) is 10.3 Å². The van der Waals surface area contributed by atoms with Gasteiger partial charge in [0.1, 0.15) is 0 Å². The van der Waals surface area contributed by atoms with Crippen LogP contribution in [0.1, 0.15) is 55.2 Å². The zero-order valence-corrected chi connectivity index (χ0v) is 15.8. The van der Waals surface area contributed by atoms with Crippen molar-refractivity contribution in [1.29, 1.82) is 0 Å². The van der Waals surface area contributed by atoms with Gasteiger partial charge in [0.2, 0.25) is 0 Å². The van der Waals surface area contributed by atoms with E-state index >= 15 is 0 Å². The van der Waals surface area contributed by atoms with Gasteiger partial charge in [-0.3, -0.25) is 24.3 Å². The van der Waals surface area contributed by atoms with Crippen molar-refractivity contribution in [2.75, 3.05) is 0 Å². The molecule has 4 rings (SSSR count). The molecule has 1 aromatic heterocycles. The Kier molecular flexibility index (Phi) is 4.91. The van der Waals surface area contributed by atoms with Gasteiger partial charge in [-0.25, -0.2) is 0 Å². The fourth-order valence-corrected chi connectivity index (χ4v) is 3.37. The molecule has 2 aromatic carbocycles. The Hall–Kier alpha value is -3.80. The molecule has 1 atom stereocenters. The first-order chi connectivity index (χ1) is 14.0. The molecule has 2 heterocycles. The van der Waals surface area contributed by atoms with Crippen LogP contribution in [0.3, 0.4) is 0 Å². The summed E-state index contributed by atoms with van der Waals surface area (Å²) in [7, 11) is 0. The number of aromatic nitrogens is 1. The van der Waals surface area contributed by atoms with Crippen molar-refractivity contribution in [1.82, 2.24) is 15.2 Å². The minimum absolute atomic E-state index is 0.117. The Bertz CT molecular complexity index is 1060. The Morgan fingerprint density at radius 1 is 1.00 bits per heavy atom. The lowest BCUT2D eigenvalue weighted by Crippen LogP contribution is -2.29. The van der Waals surface area contributed by atoms with Gasteiger partial charge in [0.25, 0.3) is 17.7 Å². The lowest BCUT2D eigenvalue weighted by Gasteiger charge is -2.16. The van der Waals surface area contributed by atoms with Crippen molar-refractivity contribution >= 4 is 17.7 Å². The van der Waals surface area contributed by atoms with Gasteiger partial charge in [-0.2, -0.15) is 0 Å². The first-order valence-corrected chi connectivity index (χ1v) is 9.29. The lowest BCUT2D eigenvalue weighted by molar-refractivity contribution is 0.0642. The number of carbonyl (C=O) groups excluding carboxylic acids is 3. The maximum absolute atomic E-state index is 12.6. The van der Waals surface area contributed by atoms with Gasteiger partial charge in [0.05, 0.1) is 23.7 Å². The summed E-state index contributed by atoms with van der Waals surface area (Å²) < 4.78 is 0. The summed E-state index contributed by atoms with van der Waals surface area (Å²) in [6.07, 6.45) is 3.39. The van der Waals surface area contributed by atoms with Crippen LogP contribution in [0.4, 0.5) is 0 Å². The second-order valence-electron chi connectivity index (χ2n) is 6.92. The summed E-state index contributed by atoms with van der Waals surface area (Å²) in [4.78, 5) is 43.0. The molecule has 0 fully saturated rings. The molecule has 1 unspecified atom stereocenters. The van der Waals surface area contributed by atoms with Crippen LogP contribution in [0.2, 0.25) is 0 Å². The smallest absolute Gasteiger partial charge is 0.261 e. The molecule has 1 aliphatic rings. The van der Waals surface area contributed by atoms with E-state index in [1.807, 2.05) is 19.1 Å². The molecule has 0 spiro atoms. The Labute approximate surface area is 168 Å². The molecule has 144 valence electrons. The van der Waals surface area contributed by atoms with Gasteiger partial charge in [-0.05, 0) is 48.4 Å². The highest BCUT2D eigenvalue weighted by Gasteiger charge is 2.35. The van der Waals surface area contributed by atoms with Crippen LogP contribution in [0, 0.1) is 0 Å². The van der Waals surface area contributed by atoms with Gasteiger partial charge >= 0.3 is 0 Å². The van der Waals surface area contributed by atoms with E-state index in [1.54, 1.807) is 60.9 Å². The highest BCUT2D eigenvalue weighted by atomic mass is 16.2. The average molecular weight is 385 g/mol. The predicted molar refractivity (Wildman–Crippen MR) is 107 cm³/mol. The second kappa shape index (κ2) is 7.67. The summed E-state index contributed by atoms with van der Waals surface area (Å²) in [5.41, 5.74) is 2.91. The van der Waals surface area contributed by atoms with Crippen molar-refractivity contribution in [3.8, 4) is 0 Å². The maximum Gasteiger partial charge on any atom is 0.261 e. The minimum atomic E-state index is -0.314. The number of hydrogen-bond acceptors (Lipinski definition) is 4. The third kappa shape index (κ3) is 3.65. The number of hydrogen-bond donors (Lipinski definition) is 1. The van der Waals surface area contributed by atoms with Crippen LogP contribution in [0.25, 0.3) is 0 Å². The van der Waals surface area contributed by atoms with E-state index < -0.39 is 0 Å². The quantitative estimate of drug-likeness (QED) is 0.683. The van der Waals surface area contributed by atoms with E-state index in [0.29, 0.717) is 22.3 Å². The molecular formula is C23H19N3O3. The molecule has 1 N–H and O–H groups in total. The molecule has 0 aliphatic carbocycles. The lowest BCUT2D eigenvalue weighted by atomic mass is 10.1. The predicted octanol–water partition coefficient (Wildman–Crippen LogP) is 3.37. The second-order valence-corrected chi connectivity index (χ2v) is 6.92. The Morgan fingerprint density at radius 2 is 1.72 bits per heavy atom. The zero-order chi connectivity index (χ0) is 20.4. The molecule has 0 radical (unpaired) electrons. The van der Waals surface area contributed by atoms with E-state index in [9.17, 15) is 14.4 Å². The fourth-order valence-electron chi connectivity index (χ4n) is 3.37. The van der Waals surface area contributed by atoms with E-state index in [4.69, 9.17) is 0 Å². The third-order valence-electron chi connectivity index (χ3n) is 4.94. The zero-order valence-electron chi connectivity index (χ0n) is 15.8. The van der Waals surface area contributed by atoms with E-state index in [1.165, 1.54) is 4.90 Å². The standard InChI is InChI=1S/C23H19N3O3/c1-15(18-8-5-11-24-13-18)25-21(27)17-7-4-6-16(12-17)14-26-22(28)19-9-2-3-10-20(19)23(26)29/h2-13,15H,14H2,1H3,(H,25,27). The van der Waals surface area contributed by atoms with Crippen LogP contribution < -0.4 is 5.32 Å². The number of pyridine rings is 1. The summed E-state index contributed by atoms with van der Waals surface area (Å²) >= 11 is 0. The maximum atomic E-state index is 12.6. The Morgan fingerprint density at radius 3 is 2.38 bits per heavy atom. The highest BCUT2D eigenvalue weighted by molar-refractivity contribution is 6.21. The number of amides is 3. The number of imide groups is 1.